The first kappa shape index (κ1) is 15.0. The average Bonchev–Trinajstić information content (AvgIpc) is 2.31. The molecule has 18 heavy (non-hydrogen) atoms. The molecule has 0 aromatic carbocycles. The number of hydrogen-bond donors (Lipinski definition) is 3. The zero-order valence-corrected chi connectivity index (χ0v) is 11.5. The molecule has 1 aliphatic carbocycles. The van der Waals surface area contributed by atoms with E-state index in [1.54, 1.807) is 0 Å². The van der Waals surface area contributed by atoms with Crippen molar-refractivity contribution >= 4 is 11.9 Å². The maximum Gasteiger partial charge on any atom is 0.321 e. The van der Waals surface area contributed by atoms with Crippen molar-refractivity contribution in [2.45, 2.75) is 64.0 Å². The van der Waals surface area contributed by atoms with Gasteiger partial charge in [-0.2, -0.15) is 0 Å². The molecule has 3 amide bonds. The summed E-state index contributed by atoms with van der Waals surface area (Å²) in [6, 6.07) is -0.111. The molecule has 1 atom stereocenters. The highest BCUT2D eigenvalue weighted by atomic mass is 16.2. The Hall–Kier alpha value is -1.10. The summed E-state index contributed by atoms with van der Waals surface area (Å²) >= 11 is 0. The van der Waals surface area contributed by atoms with Gasteiger partial charge in [-0.3, -0.25) is 10.1 Å². The minimum Gasteiger partial charge on any atom is -0.341 e. The molecule has 5 heteroatoms. The number of quaternary nitrogens is 1. The third-order valence-corrected chi connectivity index (χ3v) is 3.59. The van der Waals surface area contributed by atoms with Crippen LogP contribution in [0.2, 0.25) is 0 Å². The zero-order valence-electron chi connectivity index (χ0n) is 11.5. The molecule has 104 valence electrons. The van der Waals surface area contributed by atoms with Crippen LogP contribution in [0.15, 0.2) is 0 Å². The Morgan fingerprint density at radius 1 is 1.11 bits per heavy atom. The molecule has 1 saturated carbocycles. The lowest BCUT2D eigenvalue weighted by molar-refractivity contribution is -0.708. The van der Waals surface area contributed by atoms with E-state index in [9.17, 15) is 9.59 Å². The van der Waals surface area contributed by atoms with Gasteiger partial charge in [-0.05, 0) is 32.6 Å². The number of carbonyl (C=O) groups is 2. The maximum atomic E-state index is 11.7. The van der Waals surface area contributed by atoms with E-state index in [0.29, 0.717) is 6.04 Å². The van der Waals surface area contributed by atoms with Gasteiger partial charge >= 0.3 is 6.03 Å². The van der Waals surface area contributed by atoms with Crippen LogP contribution in [-0.2, 0) is 4.79 Å². The average molecular weight is 256 g/mol. The standard InChI is InChI=1S/C13H25N3O2/c1-10(12(17)16-13(18)14-2)15-11-8-6-4-3-5-7-9-11/h10-11,15H,3-9H2,1-2H3,(H2,14,16,17,18)/p+1/t10-/m1/s1. The van der Waals surface area contributed by atoms with Gasteiger partial charge in [0.15, 0.2) is 6.04 Å². The highest BCUT2D eigenvalue weighted by Crippen LogP contribution is 2.15. The second kappa shape index (κ2) is 8.08. The molecule has 1 rings (SSSR count). The lowest BCUT2D eigenvalue weighted by Gasteiger charge is -2.21. The molecule has 4 N–H and O–H groups in total. The molecule has 0 unspecified atom stereocenters. The summed E-state index contributed by atoms with van der Waals surface area (Å²) in [4.78, 5) is 22.8. The largest absolute Gasteiger partial charge is 0.341 e. The first-order valence-electron chi connectivity index (χ1n) is 7.01. The number of hydrogen-bond acceptors (Lipinski definition) is 2. The SMILES string of the molecule is CNC(=O)NC(=O)[C@@H](C)[NH2+]C1CCCCCCC1. The van der Waals surface area contributed by atoms with Crippen LogP contribution in [0.5, 0.6) is 0 Å². The summed E-state index contributed by atoms with van der Waals surface area (Å²) in [6.45, 7) is 1.86. The van der Waals surface area contributed by atoms with Crippen LogP contribution in [0.1, 0.15) is 51.9 Å². The van der Waals surface area contributed by atoms with E-state index in [1.165, 1.54) is 52.0 Å². The predicted octanol–water partition coefficient (Wildman–Crippen LogP) is 0.507. The van der Waals surface area contributed by atoms with Gasteiger partial charge in [-0.1, -0.05) is 19.3 Å². The molecule has 0 aromatic rings. The fourth-order valence-electron chi connectivity index (χ4n) is 2.46. The molecule has 0 bridgehead atoms. The Labute approximate surface area is 109 Å². The number of rotatable bonds is 3. The minimum atomic E-state index is -0.432. The predicted molar refractivity (Wildman–Crippen MR) is 70.1 cm³/mol. The molecule has 5 nitrogen and oxygen atoms in total. The van der Waals surface area contributed by atoms with Gasteiger partial charge in [0, 0.05) is 7.05 Å². The van der Waals surface area contributed by atoms with E-state index in [1.807, 2.05) is 6.92 Å². The number of amides is 3. The van der Waals surface area contributed by atoms with E-state index in [-0.39, 0.29) is 11.9 Å². The lowest BCUT2D eigenvalue weighted by Crippen LogP contribution is -2.96. The number of carbonyl (C=O) groups excluding carboxylic acids is 2. The molecule has 1 aliphatic rings. The van der Waals surface area contributed by atoms with Crippen molar-refractivity contribution in [1.82, 2.24) is 10.6 Å². The van der Waals surface area contributed by atoms with Crippen LogP contribution in [0.25, 0.3) is 0 Å². The van der Waals surface area contributed by atoms with E-state index >= 15 is 0 Å². The monoisotopic (exact) mass is 256 g/mol. The Kier molecular flexibility index (Phi) is 6.72. The molecule has 1 fully saturated rings. The van der Waals surface area contributed by atoms with Gasteiger partial charge in [-0.15, -0.1) is 0 Å². The van der Waals surface area contributed by atoms with Gasteiger partial charge in [0.25, 0.3) is 5.91 Å². The van der Waals surface area contributed by atoms with Crippen molar-refractivity contribution in [3.8, 4) is 0 Å². The van der Waals surface area contributed by atoms with Crippen LogP contribution in [0.3, 0.4) is 0 Å². The Morgan fingerprint density at radius 3 is 2.22 bits per heavy atom. The highest BCUT2D eigenvalue weighted by Gasteiger charge is 2.23. The number of imide groups is 1. The first-order chi connectivity index (χ1) is 8.63. The summed E-state index contributed by atoms with van der Waals surface area (Å²) in [7, 11) is 1.51. The zero-order chi connectivity index (χ0) is 13.4. The molecular formula is C13H26N3O2+. The third kappa shape index (κ3) is 5.49. The molecule has 0 saturated heterocycles. The van der Waals surface area contributed by atoms with Crippen LogP contribution in [0.4, 0.5) is 4.79 Å². The molecular weight excluding hydrogens is 230 g/mol. The summed E-state index contributed by atoms with van der Waals surface area (Å²) in [5.74, 6) is -0.212. The van der Waals surface area contributed by atoms with Crippen LogP contribution >= 0.6 is 0 Å². The molecule has 0 radical (unpaired) electrons. The van der Waals surface area contributed by atoms with Crippen molar-refractivity contribution in [2.75, 3.05) is 7.05 Å². The highest BCUT2D eigenvalue weighted by molar-refractivity contribution is 5.95. The fourth-order valence-corrected chi connectivity index (χ4v) is 2.46. The molecule has 0 heterocycles. The Bertz CT molecular complexity index is 273. The summed E-state index contributed by atoms with van der Waals surface area (Å²) < 4.78 is 0. The van der Waals surface area contributed by atoms with Crippen LogP contribution < -0.4 is 16.0 Å². The van der Waals surface area contributed by atoms with E-state index in [0.717, 1.165) is 0 Å². The van der Waals surface area contributed by atoms with Gasteiger partial charge < -0.3 is 10.6 Å². The third-order valence-electron chi connectivity index (χ3n) is 3.59. The Morgan fingerprint density at radius 2 is 1.67 bits per heavy atom. The van der Waals surface area contributed by atoms with Gasteiger partial charge in [0.1, 0.15) is 0 Å². The summed E-state index contributed by atoms with van der Waals surface area (Å²) in [6.07, 6.45) is 8.83. The number of nitrogens with two attached hydrogens (primary N) is 1. The van der Waals surface area contributed by atoms with Gasteiger partial charge in [0.05, 0.1) is 6.04 Å². The molecule has 0 spiro atoms. The molecule has 0 aliphatic heterocycles. The second-order valence-corrected chi connectivity index (χ2v) is 5.15. The van der Waals surface area contributed by atoms with Crippen molar-refractivity contribution in [2.24, 2.45) is 0 Å². The quantitative estimate of drug-likeness (QED) is 0.688. The second-order valence-electron chi connectivity index (χ2n) is 5.15. The van der Waals surface area contributed by atoms with Gasteiger partial charge in [-0.25, -0.2) is 4.79 Å². The van der Waals surface area contributed by atoms with E-state index in [2.05, 4.69) is 16.0 Å². The lowest BCUT2D eigenvalue weighted by atomic mass is 9.96. The van der Waals surface area contributed by atoms with E-state index < -0.39 is 6.03 Å². The smallest absolute Gasteiger partial charge is 0.321 e. The topological polar surface area (TPSA) is 74.8 Å². The van der Waals surface area contributed by atoms with Crippen molar-refractivity contribution in [3.05, 3.63) is 0 Å². The fraction of sp³-hybridized carbons (Fsp3) is 0.846. The summed E-state index contributed by atoms with van der Waals surface area (Å²) in [5, 5.41) is 6.83. The molecule has 0 aromatic heterocycles. The number of nitrogens with one attached hydrogen (secondary N) is 2. The maximum absolute atomic E-state index is 11.7. The van der Waals surface area contributed by atoms with Crippen molar-refractivity contribution in [1.29, 1.82) is 0 Å². The Balaban J connectivity index is 2.34. The number of urea groups is 1. The summed E-state index contributed by atoms with van der Waals surface area (Å²) in [5.41, 5.74) is 0. The van der Waals surface area contributed by atoms with Crippen LogP contribution in [-0.4, -0.2) is 31.1 Å². The van der Waals surface area contributed by atoms with Gasteiger partial charge in [0.2, 0.25) is 0 Å². The minimum absolute atomic E-state index is 0.202. The van der Waals surface area contributed by atoms with Crippen molar-refractivity contribution < 1.29 is 14.9 Å². The normalized spacial score (nSPS) is 19.4. The van der Waals surface area contributed by atoms with Crippen LogP contribution in [0, 0.1) is 0 Å². The van der Waals surface area contributed by atoms with E-state index in [4.69, 9.17) is 0 Å². The first-order valence-corrected chi connectivity index (χ1v) is 7.01. The van der Waals surface area contributed by atoms with Crippen molar-refractivity contribution in [3.63, 3.8) is 0 Å².